The second kappa shape index (κ2) is 4.33. The Morgan fingerprint density at radius 3 is 2.32 bits per heavy atom. The van der Waals surface area contributed by atoms with Crippen LogP contribution in [0.15, 0.2) is 0 Å². The molecule has 2 rings (SSSR count). The fraction of sp³-hybridized carbons (Fsp3) is 0.111. The summed E-state index contributed by atoms with van der Waals surface area (Å²) >= 11 is 0. The fourth-order valence-electron chi connectivity index (χ4n) is 1.34. The van der Waals surface area contributed by atoms with Crippen LogP contribution in [0.1, 0.15) is 31.7 Å². The minimum absolute atomic E-state index is 0.183. The molecule has 0 unspecified atom stereocenters. The zero-order chi connectivity index (χ0) is 14.2. The number of aromatic amines is 1. The van der Waals surface area contributed by atoms with Crippen molar-refractivity contribution < 1.29 is 29.3 Å². The molecular weight excluding hydrogens is 260 g/mol. The molecule has 0 spiro atoms. The molecule has 0 radical (unpaired) electrons. The Morgan fingerprint density at radius 2 is 1.79 bits per heavy atom. The molecule has 0 aliphatic heterocycles. The molecule has 0 saturated heterocycles. The zero-order valence-electron chi connectivity index (χ0n) is 9.37. The molecule has 0 aliphatic carbocycles. The molecule has 19 heavy (non-hydrogen) atoms. The summed E-state index contributed by atoms with van der Waals surface area (Å²) in [6, 6.07) is 0. The van der Waals surface area contributed by atoms with Gasteiger partial charge in [0.05, 0.1) is 7.11 Å². The normalized spacial score (nSPS) is 10.4. The van der Waals surface area contributed by atoms with Gasteiger partial charge in [0.2, 0.25) is 11.6 Å². The van der Waals surface area contributed by atoms with Gasteiger partial charge in [0.15, 0.2) is 11.3 Å². The molecule has 0 aromatic carbocycles. The maximum absolute atomic E-state index is 11.3. The van der Waals surface area contributed by atoms with Crippen LogP contribution >= 0.6 is 0 Å². The Bertz CT molecular complexity index is 706. The number of H-pyrrole nitrogens is 1. The molecule has 2 aromatic rings. The van der Waals surface area contributed by atoms with Crippen molar-refractivity contribution in [1.82, 2.24) is 19.9 Å². The van der Waals surface area contributed by atoms with Crippen LogP contribution in [-0.4, -0.2) is 55.2 Å². The van der Waals surface area contributed by atoms with Crippen LogP contribution in [0.4, 0.5) is 0 Å². The summed E-state index contributed by atoms with van der Waals surface area (Å²) in [6.45, 7) is 0. The van der Waals surface area contributed by atoms with Crippen molar-refractivity contribution in [2.24, 2.45) is 0 Å². The second-order valence-corrected chi connectivity index (χ2v) is 3.28. The van der Waals surface area contributed by atoms with Crippen molar-refractivity contribution in [2.75, 3.05) is 7.11 Å². The first-order valence-corrected chi connectivity index (χ1v) is 4.76. The number of carboxylic acid groups (broad SMARTS) is 2. The Kier molecular flexibility index (Phi) is 2.83. The van der Waals surface area contributed by atoms with Crippen LogP contribution in [0.25, 0.3) is 11.2 Å². The standard InChI is InChI=1S/C9H6N4O6/c1-19-9(18)6-11-3(7(14)15)2-4(13-6)12-5(10-2)8(16)17/h1H3,(H,14,15)(H,16,17)(H,10,11,12,13). The van der Waals surface area contributed by atoms with Crippen molar-refractivity contribution in [3.8, 4) is 0 Å². The number of aromatic nitrogens is 4. The van der Waals surface area contributed by atoms with Gasteiger partial charge in [-0.1, -0.05) is 0 Å². The lowest BCUT2D eigenvalue weighted by atomic mass is 10.3. The largest absolute Gasteiger partial charge is 0.476 e. The number of hydrogen-bond donors (Lipinski definition) is 3. The van der Waals surface area contributed by atoms with E-state index < -0.39 is 35.3 Å². The minimum atomic E-state index is -1.46. The molecule has 10 heteroatoms. The van der Waals surface area contributed by atoms with Crippen molar-refractivity contribution in [2.45, 2.75) is 0 Å². The highest BCUT2D eigenvalue weighted by Gasteiger charge is 2.22. The number of carbonyl (C=O) groups is 3. The molecule has 2 heterocycles. The maximum atomic E-state index is 11.3. The van der Waals surface area contributed by atoms with Crippen molar-refractivity contribution in [1.29, 1.82) is 0 Å². The van der Waals surface area contributed by atoms with Crippen molar-refractivity contribution in [3.05, 3.63) is 17.3 Å². The number of fused-ring (bicyclic) bond motifs is 1. The van der Waals surface area contributed by atoms with Crippen LogP contribution in [0.3, 0.4) is 0 Å². The number of esters is 1. The van der Waals surface area contributed by atoms with Gasteiger partial charge in [-0.15, -0.1) is 0 Å². The highest BCUT2D eigenvalue weighted by Crippen LogP contribution is 2.14. The Morgan fingerprint density at radius 1 is 1.11 bits per heavy atom. The lowest BCUT2D eigenvalue weighted by Gasteiger charge is -1.99. The van der Waals surface area contributed by atoms with E-state index in [1.165, 1.54) is 0 Å². The van der Waals surface area contributed by atoms with E-state index in [4.69, 9.17) is 10.2 Å². The number of nitrogens with zero attached hydrogens (tertiary/aromatic N) is 3. The molecule has 10 nitrogen and oxygen atoms in total. The molecule has 0 fully saturated rings. The van der Waals surface area contributed by atoms with Crippen LogP contribution in [0, 0.1) is 0 Å². The second-order valence-electron chi connectivity index (χ2n) is 3.28. The quantitative estimate of drug-likeness (QED) is 0.625. The number of hydrogen-bond acceptors (Lipinski definition) is 7. The Balaban J connectivity index is 2.75. The molecule has 0 saturated carbocycles. The number of aromatic carboxylic acids is 2. The Hall–Kier alpha value is -3.04. The summed E-state index contributed by atoms with van der Waals surface area (Å²) in [5.74, 6) is -4.83. The van der Waals surface area contributed by atoms with E-state index in [2.05, 4.69) is 24.7 Å². The van der Waals surface area contributed by atoms with Gasteiger partial charge in [-0.3, -0.25) is 0 Å². The van der Waals surface area contributed by atoms with Gasteiger partial charge in [0.25, 0.3) is 0 Å². The first kappa shape index (κ1) is 12.4. The van der Waals surface area contributed by atoms with Gasteiger partial charge in [0.1, 0.15) is 5.52 Å². The lowest BCUT2D eigenvalue weighted by Crippen LogP contribution is -2.12. The third-order valence-electron chi connectivity index (χ3n) is 2.12. The highest BCUT2D eigenvalue weighted by atomic mass is 16.5. The van der Waals surface area contributed by atoms with E-state index >= 15 is 0 Å². The topological polar surface area (TPSA) is 155 Å². The van der Waals surface area contributed by atoms with E-state index in [1.807, 2.05) is 0 Å². The summed E-state index contributed by atoms with van der Waals surface area (Å²) in [5, 5.41) is 17.7. The van der Waals surface area contributed by atoms with Crippen molar-refractivity contribution in [3.63, 3.8) is 0 Å². The summed E-state index contributed by atoms with van der Waals surface area (Å²) in [5.41, 5.74) is -0.992. The van der Waals surface area contributed by atoms with Gasteiger partial charge in [-0.05, 0) is 0 Å². The average Bonchev–Trinajstić information content (AvgIpc) is 2.80. The Labute approximate surface area is 104 Å². The van der Waals surface area contributed by atoms with Crippen LogP contribution < -0.4 is 0 Å². The number of ether oxygens (including phenoxy) is 1. The summed E-state index contributed by atoms with van der Waals surface area (Å²) in [4.78, 5) is 46.0. The first-order valence-electron chi connectivity index (χ1n) is 4.76. The number of carbonyl (C=O) groups excluding carboxylic acids is 1. The van der Waals surface area contributed by atoms with Gasteiger partial charge < -0.3 is 19.9 Å². The molecule has 3 N–H and O–H groups in total. The number of rotatable bonds is 3. The third kappa shape index (κ3) is 2.06. The van der Waals surface area contributed by atoms with E-state index in [9.17, 15) is 14.4 Å². The molecule has 0 bridgehead atoms. The molecule has 98 valence electrons. The van der Waals surface area contributed by atoms with Crippen LogP contribution in [-0.2, 0) is 4.74 Å². The SMILES string of the molecule is COC(=O)c1nc(C(=O)O)c2[nH]c(C(=O)O)nc2n1. The fourth-order valence-corrected chi connectivity index (χ4v) is 1.34. The monoisotopic (exact) mass is 266 g/mol. The average molecular weight is 266 g/mol. The molecule has 0 atom stereocenters. The van der Waals surface area contributed by atoms with Gasteiger partial charge in [-0.2, -0.15) is 0 Å². The predicted molar refractivity (Wildman–Crippen MR) is 56.9 cm³/mol. The van der Waals surface area contributed by atoms with Crippen molar-refractivity contribution >= 4 is 29.1 Å². The smallest absolute Gasteiger partial charge is 0.376 e. The maximum Gasteiger partial charge on any atom is 0.376 e. The molecular formula is C9H6N4O6. The predicted octanol–water partition coefficient (Wildman–Crippen LogP) is -0.464. The summed E-state index contributed by atoms with van der Waals surface area (Å²) < 4.78 is 4.36. The van der Waals surface area contributed by atoms with E-state index in [1.54, 1.807) is 0 Å². The first-order chi connectivity index (χ1) is 8.93. The number of carboxylic acids is 2. The zero-order valence-corrected chi connectivity index (χ0v) is 9.37. The number of methoxy groups -OCH3 is 1. The summed E-state index contributed by atoms with van der Waals surface area (Å²) in [6.07, 6.45) is 0. The number of imidazole rings is 1. The van der Waals surface area contributed by atoms with Gasteiger partial charge >= 0.3 is 17.9 Å². The van der Waals surface area contributed by atoms with E-state index in [-0.39, 0.29) is 11.2 Å². The highest BCUT2D eigenvalue weighted by molar-refractivity contribution is 6.01. The molecule has 0 aliphatic rings. The number of nitrogens with one attached hydrogen (secondary N) is 1. The summed E-state index contributed by atoms with van der Waals surface area (Å²) in [7, 11) is 1.07. The minimum Gasteiger partial charge on any atom is -0.476 e. The van der Waals surface area contributed by atoms with E-state index in [0.29, 0.717) is 0 Å². The van der Waals surface area contributed by atoms with Gasteiger partial charge in [-0.25, -0.2) is 29.3 Å². The third-order valence-corrected chi connectivity index (χ3v) is 2.12. The molecule has 2 aromatic heterocycles. The van der Waals surface area contributed by atoms with Crippen LogP contribution in [0.5, 0.6) is 0 Å². The lowest BCUT2D eigenvalue weighted by molar-refractivity contribution is 0.0585. The van der Waals surface area contributed by atoms with E-state index in [0.717, 1.165) is 7.11 Å². The van der Waals surface area contributed by atoms with Gasteiger partial charge in [0, 0.05) is 0 Å². The van der Waals surface area contributed by atoms with Crippen LogP contribution in [0.2, 0.25) is 0 Å². The molecule has 0 amide bonds.